The molecule has 2 rings (SSSR count). The normalized spacial score (nSPS) is 10.5. The lowest BCUT2D eigenvalue weighted by atomic mass is 10.2. The Balaban J connectivity index is 1.81. The largest absolute Gasteiger partial charge is 0.397 e. The Labute approximate surface area is 122 Å². The fraction of sp³-hybridized carbons (Fsp3) is 0.286. The van der Waals surface area contributed by atoms with Crippen molar-refractivity contribution in [2.24, 2.45) is 7.05 Å². The average Bonchev–Trinajstić information content (AvgIpc) is 2.71. The first-order valence-electron chi connectivity index (χ1n) is 6.34. The van der Waals surface area contributed by atoms with Crippen molar-refractivity contribution in [1.29, 1.82) is 0 Å². The average molecular weight is 290 g/mol. The Morgan fingerprint density at radius 2 is 2.20 bits per heavy atom. The number of hydrogen-bond acceptors (Lipinski definition) is 4. The van der Waals surface area contributed by atoms with Gasteiger partial charge in [-0.05, 0) is 25.1 Å². The summed E-state index contributed by atoms with van der Waals surface area (Å²) in [5.41, 5.74) is 8.01. The lowest BCUT2D eigenvalue weighted by Gasteiger charge is -2.07. The van der Waals surface area contributed by atoms with E-state index in [9.17, 15) is 4.79 Å². The topological polar surface area (TPSA) is 72.9 Å². The number of aromatic nitrogens is 2. The zero-order chi connectivity index (χ0) is 14.5. The van der Waals surface area contributed by atoms with E-state index in [-0.39, 0.29) is 5.91 Å². The molecule has 0 saturated carbocycles. The quantitative estimate of drug-likeness (QED) is 0.655. The molecular formula is C14H18N4OS. The number of carbonyl (C=O) groups is 1. The molecule has 0 fully saturated rings. The first-order chi connectivity index (χ1) is 9.56. The predicted molar refractivity (Wildman–Crippen MR) is 82.8 cm³/mol. The van der Waals surface area contributed by atoms with Crippen LogP contribution in [0.1, 0.15) is 12.1 Å². The van der Waals surface area contributed by atoms with Crippen LogP contribution in [0.15, 0.2) is 35.4 Å². The van der Waals surface area contributed by atoms with Gasteiger partial charge in [-0.15, -0.1) is 11.8 Å². The Bertz CT molecular complexity index is 609. The van der Waals surface area contributed by atoms with Crippen molar-refractivity contribution in [1.82, 2.24) is 9.78 Å². The second-order valence-electron chi connectivity index (χ2n) is 4.48. The summed E-state index contributed by atoms with van der Waals surface area (Å²) in [5, 5.41) is 8.15. The number of nitrogens with one attached hydrogen (secondary N) is 1. The van der Waals surface area contributed by atoms with Crippen molar-refractivity contribution in [2.75, 3.05) is 16.8 Å². The third-order valence-electron chi connectivity index (χ3n) is 2.77. The van der Waals surface area contributed by atoms with Crippen LogP contribution < -0.4 is 11.1 Å². The second-order valence-corrected chi connectivity index (χ2v) is 5.60. The summed E-state index contributed by atoms with van der Waals surface area (Å²) in [6, 6.07) is 9.26. The van der Waals surface area contributed by atoms with E-state index in [0.717, 1.165) is 10.7 Å². The van der Waals surface area contributed by atoms with Crippen LogP contribution >= 0.6 is 11.8 Å². The number of benzene rings is 1. The number of para-hydroxylation sites is 2. The standard InChI is InChI=1S/C14H18N4OS/c1-10-9-14(18(2)17-10)20-8-7-13(19)16-12-6-4-3-5-11(12)15/h3-6,9H,7-8,15H2,1-2H3,(H,16,19). The molecule has 0 unspecified atom stereocenters. The summed E-state index contributed by atoms with van der Waals surface area (Å²) in [6.07, 6.45) is 0.434. The molecule has 0 aliphatic heterocycles. The van der Waals surface area contributed by atoms with E-state index in [0.29, 0.717) is 23.5 Å². The van der Waals surface area contributed by atoms with Gasteiger partial charge >= 0.3 is 0 Å². The lowest BCUT2D eigenvalue weighted by molar-refractivity contribution is -0.115. The van der Waals surface area contributed by atoms with Gasteiger partial charge in [0.1, 0.15) is 0 Å². The monoisotopic (exact) mass is 290 g/mol. The highest BCUT2D eigenvalue weighted by molar-refractivity contribution is 7.99. The first kappa shape index (κ1) is 14.5. The second kappa shape index (κ2) is 6.47. The van der Waals surface area contributed by atoms with Gasteiger partial charge in [-0.3, -0.25) is 9.48 Å². The smallest absolute Gasteiger partial charge is 0.225 e. The van der Waals surface area contributed by atoms with E-state index in [2.05, 4.69) is 10.4 Å². The Morgan fingerprint density at radius 3 is 2.85 bits per heavy atom. The number of amides is 1. The number of nitrogens with zero attached hydrogens (tertiary/aromatic N) is 2. The van der Waals surface area contributed by atoms with E-state index in [4.69, 9.17) is 5.73 Å². The molecule has 0 bridgehead atoms. The van der Waals surface area contributed by atoms with E-state index < -0.39 is 0 Å². The molecule has 0 aliphatic carbocycles. The predicted octanol–water partition coefficient (Wildman–Crippen LogP) is 2.43. The molecule has 106 valence electrons. The zero-order valence-electron chi connectivity index (χ0n) is 11.6. The van der Waals surface area contributed by atoms with Crippen molar-refractivity contribution in [3.05, 3.63) is 36.0 Å². The summed E-state index contributed by atoms with van der Waals surface area (Å²) in [4.78, 5) is 11.8. The molecule has 0 spiro atoms. The number of nitrogen functional groups attached to an aromatic ring is 1. The molecule has 1 aromatic carbocycles. The number of anilines is 2. The molecule has 20 heavy (non-hydrogen) atoms. The maximum Gasteiger partial charge on any atom is 0.225 e. The molecule has 1 amide bonds. The molecule has 3 N–H and O–H groups in total. The molecular weight excluding hydrogens is 272 g/mol. The number of rotatable bonds is 5. The molecule has 6 heteroatoms. The van der Waals surface area contributed by atoms with Gasteiger partial charge in [0.25, 0.3) is 0 Å². The number of nitrogens with two attached hydrogens (primary N) is 1. The molecule has 1 aromatic heterocycles. The first-order valence-corrected chi connectivity index (χ1v) is 7.32. The summed E-state index contributed by atoms with van der Waals surface area (Å²) >= 11 is 1.62. The van der Waals surface area contributed by atoms with Gasteiger partial charge in [0.05, 0.1) is 22.1 Å². The van der Waals surface area contributed by atoms with Crippen LogP contribution in [0, 0.1) is 6.92 Å². The molecule has 2 aromatic rings. The minimum Gasteiger partial charge on any atom is -0.397 e. The summed E-state index contributed by atoms with van der Waals surface area (Å²) < 4.78 is 1.83. The molecule has 0 saturated heterocycles. The van der Waals surface area contributed by atoms with E-state index in [1.54, 1.807) is 23.9 Å². The van der Waals surface area contributed by atoms with Crippen LogP contribution in [0.4, 0.5) is 11.4 Å². The summed E-state index contributed by atoms with van der Waals surface area (Å²) in [6.45, 7) is 1.95. The number of carbonyl (C=O) groups excluding carboxylic acids is 1. The number of hydrogen-bond donors (Lipinski definition) is 2. The third kappa shape index (κ3) is 3.77. The molecule has 1 heterocycles. The Morgan fingerprint density at radius 1 is 1.45 bits per heavy atom. The van der Waals surface area contributed by atoms with Crippen molar-refractivity contribution in [2.45, 2.75) is 18.4 Å². The highest BCUT2D eigenvalue weighted by atomic mass is 32.2. The van der Waals surface area contributed by atoms with Crippen LogP contribution in [0.5, 0.6) is 0 Å². The van der Waals surface area contributed by atoms with Crippen LogP contribution in [-0.4, -0.2) is 21.4 Å². The highest BCUT2D eigenvalue weighted by Crippen LogP contribution is 2.20. The molecule has 0 aliphatic rings. The van der Waals surface area contributed by atoms with Gasteiger partial charge in [0.15, 0.2) is 0 Å². The van der Waals surface area contributed by atoms with Crippen LogP contribution in [0.25, 0.3) is 0 Å². The minimum atomic E-state index is -0.0331. The van der Waals surface area contributed by atoms with E-state index >= 15 is 0 Å². The van der Waals surface area contributed by atoms with Gasteiger partial charge in [-0.1, -0.05) is 12.1 Å². The summed E-state index contributed by atoms with van der Waals surface area (Å²) in [5.74, 6) is 0.673. The molecule has 0 atom stereocenters. The third-order valence-corrected chi connectivity index (χ3v) is 3.86. The van der Waals surface area contributed by atoms with Crippen molar-refractivity contribution in [3.63, 3.8) is 0 Å². The van der Waals surface area contributed by atoms with Gasteiger partial charge in [0, 0.05) is 19.2 Å². The van der Waals surface area contributed by atoms with Crippen molar-refractivity contribution in [3.8, 4) is 0 Å². The maximum atomic E-state index is 11.8. The van der Waals surface area contributed by atoms with Crippen LogP contribution in [-0.2, 0) is 11.8 Å². The Hall–Kier alpha value is -1.95. The fourth-order valence-electron chi connectivity index (χ4n) is 1.79. The Kier molecular flexibility index (Phi) is 4.68. The van der Waals surface area contributed by atoms with E-state index in [1.807, 2.05) is 36.9 Å². The van der Waals surface area contributed by atoms with Crippen molar-refractivity contribution >= 4 is 29.0 Å². The number of thioether (sulfide) groups is 1. The zero-order valence-corrected chi connectivity index (χ0v) is 12.4. The summed E-state index contributed by atoms with van der Waals surface area (Å²) in [7, 11) is 1.90. The van der Waals surface area contributed by atoms with Crippen LogP contribution in [0.3, 0.4) is 0 Å². The number of aryl methyl sites for hydroxylation is 2. The van der Waals surface area contributed by atoms with Gasteiger partial charge in [0.2, 0.25) is 5.91 Å². The van der Waals surface area contributed by atoms with Gasteiger partial charge in [-0.25, -0.2) is 0 Å². The fourth-order valence-corrected chi connectivity index (χ4v) is 2.77. The molecule has 0 radical (unpaired) electrons. The van der Waals surface area contributed by atoms with Crippen LogP contribution in [0.2, 0.25) is 0 Å². The lowest BCUT2D eigenvalue weighted by Crippen LogP contribution is -2.13. The SMILES string of the molecule is Cc1cc(SCCC(=O)Nc2ccccc2N)n(C)n1. The van der Waals surface area contributed by atoms with E-state index in [1.165, 1.54) is 0 Å². The van der Waals surface area contributed by atoms with Gasteiger partial charge < -0.3 is 11.1 Å². The highest BCUT2D eigenvalue weighted by Gasteiger charge is 2.07. The maximum absolute atomic E-state index is 11.8. The van der Waals surface area contributed by atoms with Crippen molar-refractivity contribution < 1.29 is 4.79 Å². The minimum absolute atomic E-state index is 0.0331. The van der Waals surface area contributed by atoms with Gasteiger partial charge in [-0.2, -0.15) is 5.10 Å². The molecule has 5 nitrogen and oxygen atoms in total.